The highest BCUT2D eigenvalue weighted by atomic mass is 15.1. The SMILES string of the molecule is c1ccc(CC2CCc3nccn32)cc1. The van der Waals surface area contributed by atoms with Crippen LogP contribution in [0.5, 0.6) is 0 Å². The Balaban J connectivity index is 1.81. The van der Waals surface area contributed by atoms with Crippen molar-refractivity contribution in [2.24, 2.45) is 0 Å². The number of rotatable bonds is 2. The molecule has 2 aromatic rings. The third kappa shape index (κ3) is 1.56. The van der Waals surface area contributed by atoms with Crippen molar-refractivity contribution in [2.75, 3.05) is 0 Å². The zero-order valence-electron chi connectivity index (χ0n) is 8.63. The van der Waals surface area contributed by atoms with Crippen LogP contribution in [0.1, 0.15) is 23.9 Å². The molecule has 2 heteroatoms. The zero-order valence-corrected chi connectivity index (χ0v) is 8.63. The summed E-state index contributed by atoms with van der Waals surface area (Å²) < 4.78 is 2.33. The van der Waals surface area contributed by atoms with Gasteiger partial charge >= 0.3 is 0 Å². The van der Waals surface area contributed by atoms with Crippen molar-refractivity contribution in [3.05, 3.63) is 54.1 Å². The number of aromatic nitrogens is 2. The molecule has 1 atom stereocenters. The van der Waals surface area contributed by atoms with Crippen LogP contribution < -0.4 is 0 Å². The fourth-order valence-corrected chi connectivity index (χ4v) is 2.39. The summed E-state index contributed by atoms with van der Waals surface area (Å²) in [4.78, 5) is 4.35. The Morgan fingerprint density at radius 1 is 1.27 bits per heavy atom. The van der Waals surface area contributed by atoms with Crippen molar-refractivity contribution >= 4 is 0 Å². The molecule has 0 spiro atoms. The normalized spacial score (nSPS) is 19.1. The lowest BCUT2D eigenvalue weighted by Gasteiger charge is -2.12. The van der Waals surface area contributed by atoms with Crippen LogP contribution in [0.3, 0.4) is 0 Å². The number of hydrogen-bond acceptors (Lipinski definition) is 1. The van der Waals surface area contributed by atoms with Gasteiger partial charge in [0, 0.05) is 24.9 Å². The summed E-state index contributed by atoms with van der Waals surface area (Å²) in [5, 5.41) is 0. The summed E-state index contributed by atoms with van der Waals surface area (Å²) >= 11 is 0. The van der Waals surface area contributed by atoms with E-state index in [0.29, 0.717) is 6.04 Å². The minimum Gasteiger partial charge on any atom is -0.332 e. The second-order valence-corrected chi connectivity index (χ2v) is 4.13. The van der Waals surface area contributed by atoms with Gasteiger partial charge in [0.1, 0.15) is 5.82 Å². The Bertz CT molecular complexity index is 445. The minimum atomic E-state index is 0.616. The molecule has 1 aliphatic heterocycles. The Kier molecular flexibility index (Phi) is 2.05. The third-order valence-corrected chi connectivity index (χ3v) is 3.16. The van der Waals surface area contributed by atoms with Gasteiger partial charge in [0.05, 0.1) is 0 Å². The first-order valence-corrected chi connectivity index (χ1v) is 5.49. The molecule has 76 valence electrons. The van der Waals surface area contributed by atoms with E-state index < -0.39 is 0 Å². The molecule has 1 unspecified atom stereocenters. The molecule has 0 N–H and O–H groups in total. The van der Waals surface area contributed by atoms with Crippen molar-refractivity contribution in [3.8, 4) is 0 Å². The first kappa shape index (κ1) is 8.72. The highest BCUT2D eigenvalue weighted by Crippen LogP contribution is 2.27. The summed E-state index contributed by atoms with van der Waals surface area (Å²) in [5.41, 5.74) is 1.42. The van der Waals surface area contributed by atoms with Crippen LogP contribution in [0.25, 0.3) is 0 Å². The van der Waals surface area contributed by atoms with Crippen molar-refractivity contribution in [1.29, 1.82) is 0 Å². The largest absolute Gasteiger partial charge is 0.332 e. The lowest BCUT2D eigenvalue weighted by Crippen LogP contribution is -2.05. The van der Waals surface area contributed by atoms with E-state index in [-0.39, 0.29) is 0 Å². The van der Waals surface area contributed by atoms with Crippen molar-refractivity contribution in [1.82, 2.24) is 9.55 Å². The summed E-state index contributed by atoms with van der Waals surface area (Å²) in [6.45, 7) is 0. The average Bonchev–Trinajstić information content (AvgIpc) is 2.85. The molecule has 0 amide bonds. The Hall–Kier alpha value is -1.57. The quantitative estimate of drug-likeness (QED) is 0.725. The molecule has 2 heterocycles. The molecule has 0 fully saturated rings. The predicted octanol–water partition coefficient (Wildman–Crippen LogP) is 2.61. The van der Waals surface area contributed by atoms with Crippen LogP contribution >= 0.6 is 0 Å². The topological polar surface area (TPSA) is 17.8 Å². The first-order valence-electron chi connectivity index (χ1n) is 5.49. The predicted molar refractivity (Wildman–Crippen MR) is 59.7 cm³/mol. The number of fused-ring (bicyclic) bond motifs is 1. The number of hydrogen-bond donors (Lipinski definition) is 0. The Labute approximate surface area is 89.6 Å². The summed E-state index contributed by atoms with van der Waals surface area (Å²) in [7, 11) is 0. The van der Waals surface area contributed by atoms with E-state index in [2.05, 4.69) is 46.1 Å². The number of imidazole rings is 1. The third-order valence-electron chi connectivity index (χ3n) is 3.16. The maximum absolute atomic E-state index is 4.35. The second-order valence-electron chi connectivity index (χ2n) is 4.13. The smallest absolute Gasteiger partial charge is 0.108 e. The van der Waals surface area contributed by atoms with E-state index in [1.807, 2.05) is 6.20 Å². The molecule has 3 rings (SSSR count). The maximum Gasteiger partial charge on any atom is 0.108 e. The molecule has 1 aromatic heterocycles. The molecule has 0 radical (unpaired) electrons. The van der Waals surface area contributed by atoms with Crippen LogP contribution in [0.4, 0.5) is 0 Å². The molecule has 1 aliphatic rings. The fraction of sp³-hybridized carbons (Fsp3) is 0.308. The first-order chi connectivity index (χ1) is 7.43. The Morgan fingerprint density at radius 3 is 3.00 bits per heavy atom. The molecular formula is C13H14N2. The van der Waals surface area contributed by atoms with E-state index in [1.54, 1.807) is 0 Å². The summed E-state index contributed by atoms with van der Waals surface area (Å²) in [6.07, 6.45) is 7.51. The van der Waals surface area contributed by atoms with Crippen LogP contribution in [0.15, 0.2) is 42.7 Å². The highest BCUT2D eigenvalue weighted by Gasteiger charge is 2.21. The molecule has 0 aliphatic carbocycles. The standard InChI is InChI=1S/C13H14N2/c1-2-4-11(5-3-1)10-12-6-7-13-14-8-9-15(12)13/h1-5,8-9,12H,6-7,10H2. The van der Waals surface area contributed by atoms with Crippen molar-refractivity contribution in [2.45, 2.75) is 25.3 Å². The van der Waals surface area contributed by atoms with Gasteiger partial charge in [0.2, 0.25) is 0 Å². The summed E-state index contributed by atoms with van der Waals surface area (Å²) in [6, 6.07) is 11.3. The minimum absolute atomic E-state index is 0.616. The fourth-order valence-electron chi connectivity index (χ4n) is 2.39. The van der Waals surface area contributed by atoms with Gasteiger partial charge in [-0.15, -0.1) is 0 Å². The molecule has 2 nitrogen and oxygen atoms in total. The van der Waals surface area contributed by atoms with Crippen molar-refractivity contribution in [3.63, 3.8) is 0 Å². The van der Waals surface area contributed by atoms with Crippen molar-refractivity contribution < 1.29 is 0 Å². The van der Waals surface area contributed by atoms with Gasteiger partial charge in [-0.05, 0) is 18.4 Å². The van der Waals surface area contributed by atoms with Crippen LogP contribution in [0, 0.1) is 0 Å². The molecule has 0 saturated heterocycles. The summed E-state index contributed by atoms with van der Waals surface area (Å²) in [5.74, 6) is 1.25. The molecule has 0 bridgehead atoms. The van der Waals surface area contributed by atoms with Gasteiger partial charge in [-0.1, -0.05) is 30.3 Å². The van der Waals surface area contributed by atoms with Crippen LogP contribution in [-0.2, 0) is 12.8 Å². The van der Waals surface area contributed by atoms with Gasteiger partial charge in [-0.25, -0.2) is 4.98 Å². The van der Waals surface area contributed by atoms with Gasteiger partial charge < -0.3 is 4.57 Å². The van der Waals surface area contributed by atoms with E-state index in [1.165, 1.54) is 17.8 Å². The average molecular weight is 198 g/mol. The van der Waals surface area contributed by atoms with Gasteiger partial charge in [0.15, 0.2) is 0 Å². The number of nitrogens with zero attached hydrogens (tertiary/aromatic N) is 2. The maximum atomic E-state index is 4.35. The van der Waals surface area contributed by atoms with Gasteiger partial charge in [0.25, 0.3) is 0 Å². The second kappa shape index (κ2) is 3.54. The lowest BCUT2D eigenvalue weighted by molar-refractivity contribution is 0.526. The van der Waals surface area contributed by atoms with E-state index in [0.717, 1.165) is 12.8 Å². The van der Waals surface area contributed by atoms with Crippen LogP contribution in [-0.4, -0.2) is 9.55 Å². The van der Waals surface area contributed by atoms with E-state index >= 15 is 0 Å². The van der Waals surface area contributed by atoms with Gasteiger partial charge in [-0.3, -0.25) is 0 Å². The highest BCUT2D eigenvalue weighted by molar-refractivity contribution is 5.17. The number of benzene rings is 1. The number of aryl methyl sites for hydroxylation is 1. The van der Waals surface area contributed by atoms with E-state index in [4.69, 9.17) is 0 Å². The molecular weight excluding hydrogens is 184 g/mol. The van der Waals surface area contributed by atoms with E-state index in [9.17, 15) is 0 Å². The lowest BCUT2D eigenvalue weighted by atomic mass is 10.0. The molecule has 0 saturated carbocycles. The molecule has 1 aromatic carbocycles. The van der Waals surface area contributed by atoms with Gasteiger partial charge in [-0.2, -0.15) is 0 Å². The zero-order chi connectivity index (χ0) is 10.1. The monoisotopic (exact) mass is 198 g/mol. The van der Waals surface area contributed by atoms with Crippen LogP contribution in [0.2, 0.25) is 0 Å². The molecule has 15 heavy (non-hydrogen) atoms. The Morgan fingerprint density at radius 2 is 2.13 bits per heavy atom.